The lowest BCUT2D eigenvalue weighted by atomic mass is 10.1. The highest BCUT2D eigenvalue weighted by molar-refractivity contribution is 7.98. The summed E-state index contributed by atoms with van der Waals surface area (Å²) in [6.07, 6.45) is 1.98. The average Bonchev–Trinajstić information content (AvgIpc) is 2.83. The fraction of sp³-hybridized carbons (Fsp3) is 0.167. The Balaban J connectivity index is 1.66. The maximum atomic E-state index is 13.4. The minimum atomic E-state index is -0.393. The number of nitrogens with zero attached hydrogens (tertiary/aromatic N) is 1. The van der Waals surface area contributed by atoms with E-state index < -0.39 is 5.82 Å². The minimum Gasteiger partial charge on any atom is -0.497 e. The smallest absolute Gasteiger partial charge is 0.319 e. The molecule has 6 nitrogen and oxygen atoms in total. The number of halogens is 1. The van der Waals surface area contributed by atoms with E-state index in [1.54, 1.807) is 43.1 Å². The number of rotatable bonds is 8. The lowest BCUT2D eigenvalue weighted by Gasteiger charge is -2.23. The molecular weight excluding hydrogens is 429 g/mol. The minimum absolute atomic E-state index is 0.202. The quantitative estimate of drug-likeness (QED) is 0.470. The molecule has 0 bridgehead atoms. The van der Waals surface area contributed by atoms with Gasteiger partial charge in [-0.25, -0.2) is 9.18 Å². The van der Waals surface area contributed by atoms with Crippen molar-refractivity contribution in [2.75, 3.05) is 36.7 Å². The summed E-state index contributed by atoms with van der Waals surface area (Å²) in [6.45, 7) is 0.406. The predicted octanol–water partition coefficient (Wildman–Crippen LogP) is 5.02. The van der Waals surface area contributed by atoms with E-state index in [1.165, 1.54) is 29.2 Å². The summed E-state index contributed by atoms with van der Waals surface area (Å²) < 4.78 is 18.5. The van der Waals surface area contributed by atoms with Crippen LogP contribution in [0.4, 0.5) is 20.6 Å². The number of hydrogen-bond acceptors (Lipinski definition) is 4. The lowest BCUT2D eigenvalue weighted by molar-refractivity contribution is 0.0987. The van der Waals surface area contributed by atoms with Crippen LogP contribution in [-0.2, 0) is 0 Å². The Hall–Kier alpha value is -3.52. The van der Waals surface area contributed by atoms with Gasteiger partial charge in [-0.05, 0) is 79.1 Å². The molecule has 0 heterocycles. The van der Waals surface area contributed by atoms with Gasteiger partial charge in [0.05, 0.1) is 7.11 Å². The van der Waals surface area contributed by atoms with Gasteiger partial charge in [-0.3, -0.25) is 4.79 Å². The van der Waals surface area contributed by atoms with Crippen LogP contribution in [0.15, 0.2) is 77.7 Å². The topological polar surface area (TPSA) is 70.7 Å². The molecule has 0 fully saturated rings. The summed E-state index contributed by atoms with van der Waals surface area (Å²) in [5.41, 5.74) is 1.65. The van der Waals surface area contributed by atoms with E-state index in [-0.39, 0.29) is 25.0 Å². The number of thioether (sulfide) groups is 1. The molecule has 3 aromatic rings. The van der Waals surface area contributed by atoms with Crippen LogP contribution >= 0.6 is 11.8 Å². The second-order valence-corrected chi connectivity index (χ2v) is 7.65. The van der Waals surface area contributed by atoms with Gasteiger partial charge < -0.3 is 20.3 Å². The Kier molecular flexibility index (Phi) is 8.10. The Morgan fingerprint density at radius 2 is 1.62 bits per heavy atom. The molecule has 0 unspecified atom stereocenters. The highest BCUT2D eigenvalue weighted by Crippen LogP contribution is 2.20. The highest BCUT2D eigenvalue weighted by Gasteiger charge is 2.18. The zero-order chi connectivity index (χ0) is 22.9. The number of hydrogen-bond donors (Lipinski definition) is 2. The van der Waals surface area contributed by atoms with Gasteiger partial charge in [0, 0.05) is 34.9 Å². The van der Waals surface area contributed by atoms with Crippen LogP contribution in [0, 0.1) is 5.82 Å². The van der Waals surface area contributed by atoms with Crippen molar-refractivity contribution in [2.24, 2.45) is 0 Å². The molecule has 0 aliphatic carbocycles. The number of nitrogens with one attached hydrogen (secondary N) is 2. The fourth-order valence-electron chi connectivity index (χ4n) is 2.99. The number of ether oxygens (including phenoxy) is 1. The van der Waals surface area contributed by atoms with Crippen LogP contribution in [0.1, 0.15) is 10.4 Å². The maximum absolute atomic E-state index is 13.4. The molecule has 0 saturated heterocycles. The summed E-state index contributed by atoms with van der Waals surface area (Å²) in [5.74, 6) is -0.0245. The summed E-state index contributed by atoms with van der Waals surface area (Å²) in [4.78, 5) is 28.0. The van der Waals surface area contributed by atoms with Gasteiger partial charge in [0.15, 0.2) is 0 Å². The van der Waals surface area contributed by atoms with Gasteiger partial charge in [0.1, 0.15) is 11.6 Å². The van der Waals surface area contributed by atoms with Crippen LogP contribution < -0.4 is 20.3 Å². The number of benzene rings is 3. The van der Waals surface area contributed by atoms with Crippen molar-refractivity contribution in [3.8, 4) is 5.75 Å². The summed E-state index contributed by atoms with van der Waals surface area (Å²) >= 11 is 1.62. The third-order valence-corrected chi connectivity index (χ3v) is 5.43. The predicted molar refractivity (Wildman–Crippen MR) is 126 cm³/mol. The SMILES string of the molecule is COc1ccc(C(=O)N(CCNC(=O)Nc2ccc(SC)cc2)c2ccc(F)cc2)cc1. The van der Waals surface area contributed by atoms with Crippen LogP contribution in [0.3, 0.4) is 0 Å². The molecule has 0 atom stereocenters. The molecule has 0 radical (unpaired) electrons. The van der Waals surface area contributed by atoms with Gasteiger partial charge in [-0.2, -0.15) is 0 Å². The largest absolute Gasteiger partial charge is 0.497 e. The Morgan fingerprint density at radius 3 is 2.22 bits per heavy atom. The molecule has 8 heteroatoms. The molecule has 166 valence electrons. The van der Waals surface area contributed by atoms with E-state index in [0.29, 0.717) is 22.7 Å². The summed E-state index contributed by atoms with van der Waals surface area (Å²) in [7, 11) is 1.55. The zero-order valence-corrected chi connectivity index (χ0v) is 18.6. The summed E-state index contributed by atoms with van der Waals surface area (Å²) in [6, 6.07) is 19.5. The molecular formula is C24H24FN3O3S. The van der Waals surface area contributed by atoms with Crippen LogP contribution in [0.5, 0.6) is 5.75 Å². The van der Waals surface area contributed by atoms with Crippen LogP contribution in [-0.4, -0.2) is 38.4 Å². The third-order valence-electron chi connectivity index (χ3n) is 4.69. The van der Waals surface area contributed by atoms with E-state index in [0.717, 1.165) is 4.90 Å². The van der Waals surface area contributed by atoms with Gasteiger partial charge in [0.2, 0.25) is 0 Å². The first kappa shape index (κ1) is 23.1. The second kappa shape index (κ2) is 11.2. The molecule has 0 saturated carbocycles. The van der Waals surface area contributed by atoms with Gasteiger partial charge in [0.25, 0.3) is 5.91 Å². The number of urea groups is 1. The fourth-order valence-corrected chi connectivity index (χ4v) is 3.40. The van der Waals surface area contributed by atoms with Crippen molar-refractivity contribution >= 4 is 35.1 Å². The second-order valence-electron chi connectivity index (χ2n) is 6.77. The van der Waals surface area contributed by atoms with Crippen molar-refractivity contribution in [3.63, 3.8) is 0 Å². The van der Waals surface area contributed by atoms with Crippen molar-refractivity contribution in [3.05, 3.63) is 84.2 Å². The standard InChI is InChI=1S/C24H24FN3O3S/c1-31-21-11-3-17(4-12-21)23(29)28(20-9-5-18(25)6-10-20)16-15-26-24(30)27-19-7-13-22(32-2)14-8-19/h3-14H,15-16H2,1-2H3,(H2,26,27,30). The normalized spacial score (nSPS) is 10.3. The van der Waals surface area contributed by atoms with Crippen molar-refractivity contribution in [1.29, 1.82) is 0 Å². The maximum Gasteiger partial charge on any atom is 0.319 e. The third kappa shape index (κ3) is 6.24. The van der Waals surface area contributed by atoms with Crippen LogP contribution in [0.2, 0.25) is 0 Å². The van der Waals surface area contributed by atoms with Crippen molar-refractivity contribution < 1.29 is 18.7 Å². The van der Waals surface area contributed by atoms with E-state index in [4.69, 9.17) is 4.74 Å². The Bertz CT molecular complexity index is 1040. The average molecular weight is 454 g/mol. The lowest BCUT2D eigenvalue weighted by Crippen LogP contribution is -2.40. The molecule has 3 amide bonds. The first-order chi connectivity index (χ1) is 15.5. The molecule has 0 aromatic heterocycles. The van der Waals surface area contributed by atoms with Crippen molar-refractivity contribution in [2.45, 2.75) is 4.90 Å². The first-order valence-electron chi connectivity index (χ1n) is 9.90. The highest BCUT2D eigenvalue weighted by atomic mass is 32.2. The monoisotopic (exact) mass is 453 g/mol. The van der Waals surface area contributed by atoms with Gasteiger partial charge >= 0.3 is 6.03 Å². The summed E-state index contributed by atoms with van der Waals surface area (Å²) in [5, 5.41) is 5.51. The van der Waals surface area contributed by atoms with Gasteiger partial charge in [-0.1, -0.05) is 0 Å². The van der Waals surface area contributed by atoms with Crippen LogP contribution in [0.25, 0.3) is 0 Å². The molecule has 3 rings (SSSR count). The van der Waals surface area contributed by atoms with E-state index >= 15 is 0 Å². The van der Waals surface area contributed by atoms with Crippen molar-refractivity contribution in [1.82, 2.24) is 5.32 Å². The van der Waals surface area contributed by atoms with E-state index in [1.807, 2.05) is 30.5 Å². The molecule has 2 N–H and O–H groups in total. The molecule has 3 aromatic carbocycles. The van der Waals surface area contributed by atoms with E-state index in [2.05, 4.69) is 10.6 Å². The molecule has 0 aliphatic heterocycles. The molecule has 0 aliphatic rings. The number of methoxy groups -OCH3 is 1. The number of amides is 3. The Morgan fingerprint density at radius 1 is 0.969 bits per heavy atom. The van der Waals surface area contributed by atoms with Gasteiger partial charge in [-0.15, -0.1) is 11.8 Å². The van der Waals surface area contributed by atoms with E-state index in [9.17, 15) is 14.0 Å². The molecule has 0 spiro atoms. The zero-order valence-electron chi connectivity index (χ0n) is 17.8. The molecule has 32 heavy (non-hydrogen) atoms. The Labute approximate surface area is 190 Å². The number of anilines is 2. The number of carbonyl (C=O) groups excluding carboxylic acids is 2. The first-order valence-corrected chi connectivity index (χ1v) is 11.1. The number of carbonyl (C=O) groups is 2.